The molecule has 0 atom stereocenters. The zero-order chi connectivity index (χ0) is 23.5. The first-order valence-corrected chi connectivity index (χ1v) is 11.5. The number of aryl methyl sites for hydroxylation is 1. The van der Waals surface area contributed by atoms with E-state index in [-0.39, 0.29) is 29.3 Å². The second-order valence-corrected chi connectivity index (χ2v) is 8.88. The first kappa shape index (κ1) is 22.7. The maximum Gasteiger partial charge on any atom is 0.262 e. The fourth-order valence-corrected chi connectivity index (χ4v) is 4.46. The summed E-state index contributed by atoms with van der Waals surface area (Å²) < 4.78 is 7.33. The van der Waals surface area contributed by atoms with E-state index in [2.05, 4.69) is 16.0 Å². The largest absolute Gasteiger partial charge is 0.497 e. The van der Waals surface area contributed by atoms with E-state index in [0.29, 0.717) is 13.1 Å². The zero-order valence-corrected chi connectivity index (χ0v) is 19.4. The molecule has 2 amide bonds. The third-order valence-electron chi connectivity index (χ3n) is 6.53. The van der Waals surface area contributed by atoms with Crippen LogP contribution in [0.5, 0.6) is 5.75 Å². The topological polar surface area (TPSA) is 87.4 Å². The summed E-state index contributed by atoms with van der Waals surface area (Å²) in [6.45, 7) is 5.30. The average molecular weight is 447 g/mol. The van der Waals surface area contributed by atoms with Gasteiger partial charge in [-0.05, 0) is 81.5 Å². The third kappa shape index (κ3) is 4.95. The predicted octanol–water partition coefficient (Wildman–Crippen LogP) is 3.53. The van der Waals surface area contributed by atoms with Crippen LogP contribution in [0, 0.1) is 31.1 Å². The number of ether oxygens (including phenoxy) is 1. The van der Waals surface area contributed by atoms with Gasteiger partial charge in [0.25, 0.3) is 5.91 Å². The average Bonchev–Trinajstić information content (AvgIpc) is 3.63. The van der Waals surface area contributed by atoms with Gasteiger partial charge in [0.1, 0.15) is 17.4 Å². The molecule has 0 unspecified atom stereocenters. The number of nitriles is 1. The Labute approximate surface area is 194 Å². The number of nitrogens with zero attached hydrogens (tertiary/aromatic N) is 3. The van der Waals surface area contributed by atoms with Crippen LogP contribution in [-0.4, -0.2) is 47.5 Å². The zero-order valence-electron chi connectivity index (χ0n) is 19.4. The molecule has 4 rings (SSSR count). The Kier molecular flexibility index (Phi) is 6.55. The van der Waals surface area contributed by atoms with Crippen LogP contribution in [0.1, 0.15) is 42.6 Å². The molecule has 2 fully saturated rings. The van der Waals surface area contributed by atoms with Crippen LogP contribution >= 0.6 is 0 Å². The number of hydrogen-bond donors (Lipinski definition) is 1. The van der Waals surface area contributed by atoms with Crippen LogP contribution in [0.3, 0.4) is 0 Å². The van der Waals surface area contributed by atoms with Crippen molar-refractivity contribution < 1.29 is 14.3 Å². The number of rotatable bonds is 6. The maximum absolute atomic E-state index is 12.8. The lowest BCUT2D eigenvalue weighted by Gasteiger charge is -2.32. The monoisotopic (exact) mass is 446 g/mol. The normalized spacial score (nSPS) is 16.9. The SMILES string of the molecule is COc1ccc(-n2c(C)cc(C=C(C#N)C(=O)NC3CCN(C(=O)C4CC4)CC3)c2C)cc1. The van der Waals surface area contributed by atoms with Crippen LogP contribution < -0.4 is 10.1 Å². The highest BCUT2D eigenvalue weighted by Crippen LogP contribution is 2.32. The van der Waals surface area contributed by atoms with E-state index in [1.165, 1.54) is 0 Å². The minimum absolute atomic E-state index is 0.0239. The van der Waals surface area contributed by atoms with Gasteiger partial charge in [0, 0.05) is 42.1 Å². The van der Waals surface area contributed by atoms with Gasteiger partial charge in [-0.1, -0.05) is 0 Å². The van der Waals surface area contributed by atoms with E-state index in [9.17, 15) is 14.9 Å². The summed E-state index contributed by atoms with van der Waals surface area (Å²) in [6, 6.07) is 11.8. The Balaban J connectivity index is 1.44. The van der Waals surface area contributed by atoms with Crippen molar-refractivity contribution >= 4 is 17.9 Å². The Hall–Kier alpha value is -3.53. The summed E-state index contributed by atoms with van der Waals surface area (Å²) in [6.07, 6.45) is 5.10. The van der Waals surface area contributed by atoms with Crippen molar-refractivity contribution in [1.82, 2.24) is 14.8 Å². The molecule has 1 aliphatic heterocycles. The van der Waals surface area contributed by atoms with Gasteiger partial charge in [-0.2, -0.15) is 5.26 Å². The standard InChI is InChI=1S/C26H30N4O3/c1-17-14-20(18(2)30(17)23-6-8-24(33-3)9-7-23)15-21(16-27)25(31)28-22-10-12-29(13-11-22)26(32)19-4-5-19/h6-9,14-15,19,22H,4-5,10-13H2,1-3H3,(H,28,31). The number of nitrogens with one attached hydrogen (secondary N) is 1. The molecule has 0 bridgehead atoms. The van der Waals surface area contributed by atoms with Gasteiger partial charge in [-0.3, -0.25) is 9.59 Å². The smallest absolute Gasteiger partial charge is 0.262 e. The fraction of sp³-hybridized carbons (Fsp3) is 0.423. The number of hydrogen-bond acceptors (Lipinski definition) is 4. The maximum atomic E-state index is 12.8. The number of benzene rings is 1. The molecule has 2 aromatic rings. The van der Waals surface area contributed by atoms with Gasteiger partial charge in [-0.25, -0.2) is 0 Å². The number of piperidine rings is 1. The predicted molar refractivity (Wildman–Crippen MR) is 126 cm³/mol. The second kappa shape index (κ2) is 9.53. The Morgan fingerprint density at radius 3 is 2.36 bits per heavy atom. The number of aromatic nitrogens is 1. The second-order valence-electron chi connectivity index (χ2n) is 8.88. The third-order valence-corrected chi connectivity index (χ3v) is 6.53. The quantitative estimate of drug-likeness (QED) is 0.543. The van der Waals surface area contributed by atoms with Crippen LogP contribution in [0.25, 0.3) is 11.8 Å². The molecule has 0 spiro atoms. The van der Waals surface area contributed by atoms with Crippen molar-refractivity contribution in [2.75, 3.05) is 20.2 Å². The lowest BCUT2D eigenvalue weighted by atomic mass is 10.0. The van der Waals surface area contributed by atoms with Crippen molar-refractivity contribution in [1.29, 1.82) is 5.26 Å². The van der Waals surface area contributed by atoms with Gasteiger partial charge in [0.15, 0.2) is 0 Å². The van der Waals surface area contributed by atoms with Crippen LogP contribution in [0.4, 0.5) is 0 Å². The molecule has 7 heteroatoms. The Bertz CT molecular complexity index is 1110. The van der Waals surface area contributed by atoms with Crippen molar-refractivity contribution in [3.05, 3.63) is 52.9 Å². The van der Waals surface area contributed by atoms with Crippen molar-refractivity contribution in [3.63, 3.8) is 0 Å². The van der Waals surface area contributed by atoms with Gasteiger partial charge in [0.2, 0.25) is 5.91 Å². The summed E-state index contributed by atoms with van der Waals surface area (Å²) in [5.41, 5.74) is 3.86. The van der Waals surface area contributed by atoms with Gasteiger partial charge < -0.3 is 19.5 Å². The van der Waals surface area contributed by atoms with Crippen LogP contribution in [0.15, 0.2) is 35.9 Å². The summed E-state index contributed by atoms with van der Waals surface area (Å²) in [4.78, 5) is 27.0. The van der Waals surface area contributed by atoms with E-state index in [0.717, 1.165) is 54.1 Å². The van der Waals surface area contributed by atoms with Crippen LogP contribution in [0.2, 0.25) is 0 Å². The highest BCUT2D eigenvalue weighted by atomic mass is 16.5. The number of amides is 2. The molecule has 1 aliphatic carbocycles. The van der Waals surface area contributed by atoms with Gasteiger partial charge >= 0.3 is 0 Å². The Morgan fingerprint density at radius 1 is 1.12 bits per heavy atom. The van der Waals surface area contributed by atoms with Crippen LogP contribution in [-0.2, 0) is 9.59 Å². The molecule has 172 valence electrons. The molecule has 7 nitrogen and oxygen atoms in total. The molecule has 1 N–H and O–H groups in total. The number of carbonyl (C=O) groups is 2. The molecule has 1 saturated carbocycles. The number of carbonyl (C=O) groups excluding carboxylic acids is 2. The molecular formula is C26H30N4O3. The van der Waals surface area contributed by atoms with Crippen molar-refractivity contribution in [2.45, 2.75) is 45.6 Å². The van der Waals surface area contributed by atoms with E-state index < -0.39 is 0 Å². The molecule has 0 radical (unpaired) electrons. The first-order valence-electron chi connectivity index (χ1n) is 11.5. The Morgan fingerprint density at radius 2 is 1.79 bits per heavy atom. The molecule has 1 aromatic heterocycles. The van der Waals surface area contributed by atoms with Gasteiger partial charge in [0.05, 0.1) is 7.11 Å². The van der Waals surface area contributed by atoms with E-state index in [1.807, 2.05) is 49.1 Å². The van der Waals surface area contributed by atoms with E-state index >= 15 is 0 Å². The highest BCUT2D eigenvalue weighted by molar-refractivity contribution is 6.02. The lowest BCUT2D eigenvalue weighted by molar-refractivity contribution is -0.133. The molecule has 33 heavy (non-hydrogen) atoms. The molecule has 1 aromatic carbocycles. The highest BCUT2D eigenvalue weighted by Gasteiger charge is 2.35. The van der Waals surface area contributed by atoms with Crippen molar-refractivity contribution in [3.8, 4) is 17.5 Å². The molecule has 2 aliphatic rings. The summed E-state index contributed by atoms with van der Waals surface area (Å²) in [7, 11) is 1.63. The first-order chi connectivity index (χ1) is 15.9. The molecular weight excluding hydrogens is 416 g/mol. The summed E-state index contributed by atoms with van der Waals surface area (Å²) >= 11 is 0. The van der Waals surface area contributed by atoms with Crippen molar-refractivity contribution in [2.24, 2.45) is 5.92 Å². The molecule has 1 saturated heterocycles. The molecule has 2 heterocycles. The van der Waals surface area contributed by atoms with E-state index in [4.69, 9.17) is 4.74 Å². The number of likely N-dealkylation sites (tertiary alicyclic amines) is 1. The fourth-order valence-electron chi connectivity index (χ4n) is 4.46. The summed E-state index contributed by atoms with van der Waals surface area (Å²) in [5.74, 6) is 0.900. The number of methoxy groups -OCH3 is 1. The van der Waals surface area contributed by atoms with Gasteiger partial charge in [-0.15, -0.1) is 0 Å². The van der Waals surface area contributed by atoms with E-state index in [1.54, 1.807) is 13.2 Å². The minimum Gasteiger partial charge on any atom is -0.497 e. The lowest BCUT2D eigenvalue weighted by Crippen LogP contribution is -2.47. The minimum atomic E-state index is -0.362. The summed E-state index contributed by atoms with van der Waals surface area (Å²) in [5, 5.41) is 12.7.